The number of ether oxygens (including phenoxy) is 1. The lowest BCUT2D eigenvalue weighted by molar-refractivity contribution is -0.248. The van der Waals surface area contributed by atoms with Crippen molar-refractivity contribution in [2.24, 2.45) is 11.8 Å². The van der Waals surface area contributed by atoms with Gasteiger partial charge in [0.05, 0.1) is 7.11 Å². The van der Waals surface area contributed by atoms with Crippen molar-refractivity contribution in [3.05, 3.63) is 35.9 Å². The summed E-state index contributed by atoms with van der Waals surface area (Å²) in [6.45, 7) is 4.30. The van der Waals surface area contributed by atoms with Crippen molar-refractivity contribution < 1.29 is 19.3 Å². The van der Waals surface area contributed by atoms with Gasteiger partial charge in [0, 0.05) is 0 Å². The molecule has 4 heteroatoms. The van der Waals surface area contributed by atoms with Crippen LogP contribution in [0.1, 0.15) is 43.5 Å². The quantitative estimate of drug-likeness (QED) is 0.620. The first-order valence-electron chi connectivity index (χ1n) is 7.01. The molecule has 2 atom stereocenters. The van der Waals surface area contributed by atoms with E-state index in [-0.39, 0.29) is 0 Å². The third-order valence-electron chi connectivity index (χ3n) is 4.00. The Labute approximate surface area is 120 Å². The Morgan fingerprint density at radius 1 is 1.25 bits per heavy atom. The topological polar surface area (TPSA) is 44.8 Å². The average Bonchev–Trinajstić information content (AvgIpc) is 2.48. The van der Waals surface area contributed by atoms with Crippen LogP contribution in [0.15, 0.2) is 24.3 Å². The molecule has 0 aliphatic heterocycles. The summed E-state index contributed by atoms with van der Waals surface area (Å²) >= 11 is 0. The molecule has 1 aromatic rings. The van der Waals surface area contributed by atoms with Gasteiger partial charge in [0.1, 0.15) is 11.3 Å². The third kappa shape index (κ3) is 3.31. The van der Waals surface area contributed by atoms with Crippen LogP contribution < -0.4 is 4.74 Å². The zero-order valence-corrected chi connectivity index (χ0v) is 12.2. The van der Waals surface area contributed by atoms with Crippen LogP contribution in [0, 0.1) is 17.9 Å². The van der Waals surface area contributed by atoms with E-state index in [0.29, 0.717) is 23.1 Å². The van der Waals surface area contributed by atoms with Gasteiger partial charge < -0.3 is 4.74 Å². The second-order valence-electron chi connectivity index (χ2n) is 5.28. The third-order valence-corrected chi connectivity index (χ3v) is 4.00. The number of hydrogen-bond acceptors (Lipinski definition) is 4. The van der Waals surface area contributed by atoms with E-state index in [1.165, 1.54) is 13.5 Å². The van der Waals surface area contributed by atoms with E-state index in [4.69, 9.17) is 14.5 Å². The van der Waals surface area contributed by atoms with Crippen LogP contribution in [-0.4, -0.2) is 13.1 Å². The Bertz CT molecular complexity index is 458. The van der Waals surface area contributed by atoms with Crippen LogP contribution in [-0.2, 0) is 9.78 Å². The van der Waals surface area contributed by atoms with E-state index in [1.54, 1.807) is 24.3 Å². The van der Waals surface area contributed by atoms with Gasteiger partial charge in [-0.2, -0.15) is 4.89 Å². The number of carbonyl (C=O) groups excluding carboxylic acids is 1. The molecule has 0 saturated heterocycles. The molecule has 0 bridgehead atoms. The van der Waals surface area contributed by atoms with Crippen LogP contribution in [0.2, 0.25) is 0 Å². The maximum Gasteiger partial charge on any atom is 0.376 e. The maximum atomic E-state index is 12.0. The lowest BCUT2D eigenvalue weighted by Gasteiger charge is -2.31. The fourth-order valence-corrected chi connectivity index (χ4v) is 2.46. The van der Waals surface area contributed by atoms with Crippen LogP contribution in [0.25, 0.3) is 0 Å². The monoisotopic (exact) mass is 277 g/mol. The molecule has 0 heterocycles. The molecule has 1 saturated carbocycles. The molecule has 1 aliphatic rings. The van der Waals surface area contributed by atoms with Gasteiger partial charge in [-0.25, -0.2) is 4.79 Å². The van der Waals surface area contributed by atoms with Gasteiger partial charge in [-0.3, -0.25) is 4.89 Å². The van der Waals surface area contributed by atoms with Gasteiger partial charge >= 0.3 is 5.97 Å². The van der Waals surface area contributed by atoms with Crippen LogP contribution in [0.5, 0.6) is 5.75 Å². The van der Waals surface area contributed by atoms with Crippen molar-refractivity contribution in [3.8, 4) is 5.75 Å². The first kappa shape index (κ1) is 14.9. The number of carbonyl (C=O) groups is 1. The Balaban J connectivity index is 1.95. The highest BCUT2D eigenvalue weighted by Crippen LogP contribution is 2.36. The second kappa shape index (κ2) is 6.75. The zero-order valence-electron chi connectivity index (χ0n) is 12.2. The van der Waals surface area contributed by atoms with E-state index in [0.717, 1.165) is 18.9 Å². The van der Waals surface area contributed by atoms with Crippen molar-refractivity contribution in [2.45, 2.75) is 33.1 Å². The molecule has 2 rings (SSSR count). The van der Waals surface area contributed by atoms with Gasteiger partial charge in [-0.05, 0) is 30.4 Å². The van der Waals surface area contributed by atoms with Crippen LogP contribution in [0.4, 0.5) is 0 Å². The molecule has 0 aromatic heterocycles. The average molecular weight is 277 g/mol. The van der Waals surface area contributed by atoms with Crippen molar-refractivity contribution in [2.75, 3.05) is 7.11 Å². The van der Waals surface area contributed by atoms with Crippen LogP contribution in [0.3, 0.4) is 0 Å². The van der Waals surface area contributed by atoms with Crippen molar-refractivity contribution in [3.63, 3.8) is 0 Å². The normalized spacial score (nSPS) is 23.4. The summed E-state index contributed by atoms with van der Waals surface area (Å²) in [5.74, 6) is 0.828. The highest BCUT2D eigenvalue weighted by Gasteiger charge is 2.31. The summed E-state index contributed by atoms with van der Waals surface area (Å²) < 4.78 is 5.13. The number of methoxy groups -OCH3 is 1. The van der Waals surface area contributed by atoms with Gasteiger partial charge in [0.2, 0.25) is 0 Å². The van der Waals surface area contributed by atoms with E-state index in [1.807, 2.05) is 0 Å². The molecule has 4 nitrogen and oxygen atoms in total. The molecule has 20 heavy (non-hydrogen) atoms. The highest BCUT2D eigenvalue weighted by atomic mass is 17.2. The zero-order chi connectivity index (χ0) is 14.5. The summed E-state index contributed by atoms with van der Waals surface area (Å²) in [6.07, 6.45) is 3.97. The summed E-state index contributed by atoms with van der Waals surface area (Å²) in [7, 11) is 1.52. The Hall–Kier alpha value is -1.55. The lowest BCUT2D eigenvalue weighted by Crippen LogP contribution is -2.25. The minimum absolute atomic E-state index is 0.314. The van der Waals surface area contributed by atoms with Crippen molar-refractivity contribution >= 4 is 5.97 Å². The number of para-hydroxylation sites is 1. The molecule has 0 N–H and O–H groups in total. The predicted octanol–water partition coefficient (Wildman–Crippen LogP) is 3.77. The van der Waals surface area contributed by atoms with Crippen molar-refractivity contribution in [1.29, 1.82) is 0 Å². The highest BCUT2D eigenvalue weighted by molar-refractivity contribution is 5.92. The Morgan fingerprint density at radius 3 is 2.75 bits per heavy atom. The molecule has 2 unspecified atom stereocenters. The lowest BCUT2D eigenvalue weighted by atomic mass is 9.80. The maximum absolute atomic E-state index is 12.0. The summed E-state index contributed by atoms with van der Waals surface area (Å²) in [5.41, 5.74) is 0.368. The molecule has 1 fully saturated rings. The van der Waals surface area contributed by atoms with Gasteiger partial charge in [0.15, 0.2) is 6.10 Å². The molecular formula is C16H21O4. The smallest absolute Gasteiger partial charge is 0.376 e. The predicted molar refractivity (Wildman–Crippen MR) is 74.9 cm³/mol. The Morgan fingerprint density at radius 2 is 2.00 bits per heavy atom. The molecule has 1 radical (unpaired) electrons. The summed E-state index contributed by atoms with van der Waals surface area (Å²) in [6, 6.07) is 6.94. The van der Waals surface area contributed by atoms with Gasteiger partial charge in [-0.1, -0.05) is 38.8 Å². The number of benzene rings is 1. The van der Waals surface area contributed by atoms with Crippen LogP contribution >= 0.6 is 0 Å². The molecule has 1 aromatic carbocycles. The number of hydrogen-bond donors (Lipinski definition) is 0. The standard InChI is InChI=1S/C16H21O4/c1-11-7-6-10-14(12(11)2)19-20-16(17)13-8-4-5-9-15(13)18-3/h4-5,8-9,11-12H,6-7,10H2,1-3H3. The summed E-state index contributed by atoms with van der Waals surface area (Å²) in [4.78, 5) is 22.3. The molecule has 0 spiro atoms. The largest absolute Gasteiger partial charge is 0.496 e. The first-order valence-corrected chi connectivity index (χ1v) is 7.01. The first-order chi connectivity index (χ1) is 9.63. The minimum Gasteiger partial charge on any atom is -0.496 e. The second-order valence-corrected chi connectivity index (χ2v) is 5.28. The fourth-order valence-electron chi connectivity index (χ4n) is 2.46. The molecular weight excluding hydrogens is 256 g/mol. The number of rotatable bonds is 4. The Kier molecular flexibility index (Phi) is 5.01. The molecule has 0 amide bonds. The van der Waals surface area contributed by atoms with E-state index >= 15 is 0 Å². The fraction of sp³-hybridized carbons (Fsp3) is 0.500. The SMILES string of the molecule is COc1ccccc1C(=O)OO[C]1CCCC(C)C1C. The van der Waals surface area contributed by atoms with Gasteiger partial charge in [0.25, 0.3) is 0 Å². The van der Waals surface area contributed by atoms with Crippen molar-refractivity contribution in [1.82, 2.24) is 0 Å². The van der Waals surface area contributed by atoms with E-state index < -0.39 is 5.97 Å². The molecule has 1 aliphatic carbocycles. The van der Waals surface area contributed by atoms with Gasteiger partial charge in [-0.15, -0.1) is 0 Å². The minimum atomic E-state index is -0.527. The van der Waals surface area contributed by atoms with E-state index in [2.05, 4.69) is 13.8 Å². The summed E-state index contributed by atoms with van der Waals surface area (Å²) in [5, 5.41) is 0. The molecule has 109 valence electrons. The van der Waals surface area contributed by atoms with E-state index in [9.17, 15) is 4.79 Å².